The molecule has 1 aromatic heterocycles. The van der Waals surface area contributed by atoms with Crippen LogP contribution in [0.3, 0.4) is 0 Å². The number of halogens is 1. The highest BCUT2D eigenvalue weighted by atomic mass is 35.5. The highest BCUT2D eigenvalue weighted by Gasteiger charge is 2.07. The van der Waals surface area contributed by atoms with Gasteiger partial charge in [0.15, 0.2) is 5.82 Å². The van der Waals surface area contributed by atoms with Gasteiger partial charge < -0.3 is 5.73 Å². The molecule has 3 N–H and O–H groups in total. The third-order valence-corrected chi connectivity index (χ3v) is 2.70. The Kier molecular flexibility index (Phi) is 3.20. The Hall–Kier alpha value is -2.08. The van der Waals surface area contributed by atoms with E-state index in [4.69, 9.17) is 17.3 Å². The molecule has 0 amide bonds. The van der Waals surface area contributed by atoms with Crippen molar-refractivity contribution in [1.29, 1.82) is 0 Å². The highest BCUT2D eigenvalue weighted by Crippen LogP contribution is 2.18. The largest absolute Gasteiger partial charge is 0.398 e. The van der Waals surface area contributed by atoms with E-state index in [9.17, 15) is 4.79 Å². The molecule has 18 heavy (non-hydrogen) atoms. The van der Waals surface area contributed by atoms with Gasteiger partial charge in [-0.2, -0.15) is 14.9 Å². The summed E-state index contributed by atoms with van der Waals surface area (Å²) in [5.41, 5.74) is 7.27. The number of hydrogen-bond donors (Lipinski definition) is 2. The van der Waals surface area contributed by atoms with Crippen LogP contribution in [0.1, 0.15) is 18.3 Å². The van der Waals surface area contributed by atoms with Crippen molar-refractivity contribution in [2.24, 2.45) is 5.10 Å². The van der Waals surface area contributed by atoms with Crippen molar-refractivity contribution in [3.63, 3.8) is 0 Å². The van der Waals surface area contributed by atoms with Crippen LogP contribution in [-0.2, 0) is 0 Å². The van der Waals surface area contributed by atoms with Crippen molar-refractivity contribution in [2.75, 3.05) is 5.73 Å². The van der Waals surface area contributed by atoms with Gasteiger partial charge in [-0.3, -0.25) is 0 Å². The van der Waals surface area contributed by atoms with E-state index in [1.54, 1.807) is 32.0 Å². The number of anilines is 1. The lowest BCUT2D eigenvalue weighted by atomic mass is 10.1. The van der Waals surface area contributed by atoms with E-state index in [1.165, 1.54) is 4.68 Å². The Morgan fingerprint density at radius 3 is 2.89 bits per heavy atom. The van der Waals surface area contributed by atoms with Crippen LogP contribution >= 0.6 is 11.6 Å². The zero-order valence-electron chi connectivity index (χ0n) is 9.94. The summed E-state index contributed by atoms with van der Waals surface area (Å²) in [6.45, 7) is 3.43. The van der Waals surface area contributed by atoms with E-state index < -0.39 is 5.69 Å². The first-order chi connectivity index (χ1) is 8.49. The van der Waals surface area contributed by atoms with Crippen LogP contribution in [0.2, 0.25) is 5.02 Å². The van der Waals surface area contributed by atoms with E-state index in [0.717, 1.165) is 0 Å². The second kappa shape index (κ2) is 4.66. The summed E-state index contributed by atoms with van der Waals surface area (Å²) in [5.74, 6) is 0.472. The average Bonchev–Trinajstić information content (AvgIpc) is 2.64. The molecule has 0 aliphatic carbocycles. The fourth-order valence-corrected chi connectivity index (χ4v) is 1.71. The van der Waals surface area contributed by atoms with Gasteiger partial charge in [0.25, 0.3) is 0 Å². The van der Waals surface area contributed by atoms with E-state index in [-0.39, 0.29) is 0 Å². The van der Waals surface area contributed by atoms with Crippen LogP contribution in [0.4, 0.5) is 5.69 Å². The second-order valence-corrected chi connectivity index (χ2v) is 4.24. The minimum absolute atomic E-state index is 0.396. The molecule has 0 saturated carbocycles. The third kappa shape index (κ3) is 2.28. The smallest absolute Gasteiger partial charge is 0.364 e. The van der Waals surface area contributed by atoms with Crippen molar-refractivity contribution in [2.45, 2.75) is 13.8 Å². The summed E-state index contributed by atoms with van der Waals surface area (Å²) in [4.78, 5) is 11.4. The molecule has 6 nitrogen and oxygen atoms in total. The normalized spacial score (nSPS) is 11.8. The fraction of sp³-hybridized carbons (Fsp3) is 0.182. The Morgan fingerprint density at radius 1 is 1.56 bits per heavy atom. The van der Waals surface area contributed by atoms with Crippen LogP contribution in [0.25, 0.3) is 0 Å². The van der Waals surface area contributed by atoms with Crippen molar-refractivity contribution in [3.8, 4) is 0 Å². The van der Waals surface area contributed by atoms with E-state index in [2.05, 4.69) is 15.3 Å². The lowest BCUT2D eigenvalue weighted by Crippen LogP contribution is -2.16. The summed E-state index contributed by atoms with van der Waals surface area (Å²) in [5, 5.41) is 10.8. The summed E-state index contributed by atoms with van der Waals surface area (Å²) in [7, 11) is 0. The number of aryl methyl sites for hydroxylation is 1. The van der Waals surface area contributed by atoms with Gasteiger partial charge in [0.05, 0.1) is 5.71 Å². The molecule has 94 valence electrons. The van der Waals surface area contributed by atoms with Gasteiger partial charge in [0.1, 0.15) is 0 Å². The number of benzene rings is 1. The summed E-state index contributed by atoms with van der Waals surface area (Å²) in [6, 6.07) is 5.10. The first kappa shape index (κ1) is 12.4. The molecule has 0 atom stereocenters. The van der Waals surface area contributed by atoms with Crippen molar-refractivity contribution in [1.82, 2.24) is 14.9 Å². The number of hydrogen-bond acceptors (Lipinski definition) is 4. The van der Waals surface area contributed by atoms with Gasteiger partial charge in [-0.1, -0.05) is 11.6 Å². The molecule has 0 fully saturated rings. The van der Waals surface area contributed by atoms with Crippen LogP contribution in [0.5, 0.6) is 0 Å². The first-order valence-corrected chi connectivity index (χ1v) is 5.62. The quantitative estimate of drug-likeness (QED) is 0.635. The Bertz CT molecular complexity index is 670. The summed E-state index contributed by atoms with van der Waals surface area (Å²) < 4.78 is 1.18. The van der Waals surface area contributed by atoms with Crippen LogP contribution in [-0.4, -0.2) is 20.6 Å². The molecule has 1 heterocycles. The number of nitrogens with zero attached hydrogens (tertiary/aromatic N) is 3. The molecule has 1 aromatic carbocycles. The zero-order chi connectivity index (χ0) is 13.3. The topological polar surface area (TPSA) is 89.1 Å². The first-order valence-electron chi connectivity index (χ1n) is 5.24. The third-order valence-electron chi connectivity index (χ3n) is 2.47. The lowest BCUT2D eigenvalue weighted by Gasteiger charge is -2.05. The zero-order valence-corrected chi connectivity index (χ0v) is 10.7. The van der Waals surface area contributed by atoms with Gasteiger partial charge in [0.2, 0.25) is 0 Å². The Labute approximate surface area is 108 Å². The van der Waals surface area contributed by atoms with Gasteiger partial charge in [-0.05, 0) is 32.0 Å². The number of H-pyrrole nitrogens is 1. The SMILES string of the molecule is C/C(=N\n1c(C)n[nH]c1=O)c1cc(Cl)ccc1N. The molecule has 2 rings (SSSR count). The van der Waals surface area contributed by atoms with E-state index in [0.29, 0.717) is 27.8 Å². The predicted octanol–water partition coefficient (Wildman–Crippen LogP) is 1.39. The van der Waals surface area contributed by atoms with Crippen LogP contribution in [0.15, 0.2) is 28.1 Å². The van der Waals surface area contributed by atoms with Crippen LogP contribution < -0.4 is 11.4 Å². The number of nitrogens with one attached hydrogen (secondary N) is 1. The summed E-state index contributed by atoms with van der Waals surface area (Å²) >= 11 is 5.91. The molecule has 0 aliphatic rings. The molecule has 0 aliphatic heterocycles. The highest BCUT2D eigenvalue weighted by molar-refractivity contribution is 6.31. The minimum Gasteiger partial charge on any atom is -0.398 e. The second-order valence-electron chi connectivity index (χ2n) is 3.80. The number of aromatic amines is 1. The maximum Gasteiger partial charge on any atom is 0.364 e. The molecular formula is C11H12ClN5O. The van der Waals surface area contributed by atoms with E-state index >= 15 is 0 Å². The fourth-order valence-electron chi connectivity index (χ4n) is 1.53. The van der Waals surface area contributed by atoms with Crippen molar-refractivity contribution in [3.05, 3.63) is 45.1 Å². The molecule has 2 aromatic rings. The Morgan fingerprint density at radius 2 is 2.28 bits per heavy atom. The number of aromatic nitrogens is 3. The Balaban J connectivity index is 2.52. The maximum atomic E-state index is 11.4. The molecule has 0 radical (unpaired) electrons. The number of nitrogen functional groups attached to an aromatic ring is 1. The molecule has 7 heteroatoms. The average molecular weight is 266 g/mol. The van der Waals surface area contributed by atoms with Crippen LogP contribution in [0, 0.1) is 6.92 Å². The monoisotopic (exact) mass is 265 g/mol. The molecule has 0 saturated heterocycles. The lowest BCUT2D eigenvalue weighted by molar-refractivity contribution is 0.794. The van der Waals surface area contributed by atoms with E-state index in [1.807, 2.05) is 0 Å². The summed E-state index contributed by atoms with van der Waals surface area (Å²) in [6.07, 6.45) is 0. The molecule has 0 unspecified atom stereocenters. The maximum absolute atomic E-state index is 11.4. The molecule has 0 bridgehead atoms. The van der Waals surface area contributed by atoms with Gasteiger partial charge in [-0.25, -0.2) is 9.89 Å². The predicted molar refractivity (Wildman–Crippen MR) is 71.1 cm³/mol. The minimum atomic E-state index is -0.396. The molecular weight excluding hydrogens is 254 g/mol. The van der Waals surface area contributed by atoms with Gasteiger partial charge in [0, 0.05) is 16.3 Å². The van der Waals surface area contributed by atoms with Crippen molar-refractivity contribution >= 4 is 23.0 Å². The molecule has 0 spiro atoms. The van der Waals surface area contributed by atoms with Crippen molar-refractivity contribution < 1.29 is 0 Å². The number of nitrogens with two attached hydrogens (primary N) is 1. The van der Waals surface area contributed by atoms with Gasteiger partial charge in [-0.15, -0.1) is 0 Å². The number of rotatable bonds is 2. The standard InChI is InChI=1S/C11H12ClN5O/c1-6(9-5-8(12)3-4-10(9)13)16-17-7(2)14-15-11(17)18/h3-5H,13H2,1-2H3,(H,15,18)/b16-6+. The van der Waals surface area contributed by atoms with Gasteiger partial charge >= 0.3 is 5.69 Å².